The maximum atomic E-state index is 12.6. The van der Waals surface area contributed by atoms with Gasteiger partial charge in [0.05, 0.1) is 10.9 Å². The summed E-state index contributed by atoms with van der Waals surface area (Å²) in [7, 11) is -3.56. The van der Waals surface area contributed by atoms with Crippen molar-refractivity contribution in [2.45, 2.75) is 50.3 Å². The molecule has 2 rings (SSSR count). The SMILES string of the molecule is CCN(CC)S(=O)(=O)c1ccc2c(c1)[C@@H](N)[C@H](O)C(C)(C)O2. The summed E-state index contributed by atoms with van der Waals surface area (Å²) in [6, 6.07) is 3.95. The van der Waals surface area contributed by atoms with Gasteiger partial charge in [0, 0.05) is 18.7 Å². The standard InChI is InChI=1S/C15H24N2O4S/c1-5-17(6-2)22(19,20)10-7-8-12-11(9-10)13(16)14(18)15(3,4)21-12/h7-9,13-14,18H,5-6,16H2,1-4H3/t13-,14+/m1/s1. The summed E-state index contributed by atoms with van der Waals surface area (Å²) >= 11 is 0. The molecule has 1 heterocycles. The van der Waals surface area contributed by atoms with Crippen LogP contribution in [0.5, 0.6) is 5.75 Å². The third kappa shape index (κ3) is 2.74. The van der Waals surface area contributed by atoms with Gasteiger partial charge >= 0.3 is 0 Å². The lowest BCUT2D eigenvalue weighted by molar-refractivity contribution is -0.0572. The molecular formula is C15H24N2O4S. The van der Waals surface area contributed by atoms with Gasteiger partial charge in [0.15, 0.2) is 0 Å². The Bertz CT molecular complexity index is 654. The van der Waals surface area contributed by atoms with Gasteiger partial charge in [-0.25, -0.2) is 8.42 Å². The predicted octanol–water partition coefficient (Wildman–Crippen LogP) is 1.25. The number of hydrogen-bond donors (Lipinski definition) is 2. The lowest BCUT2D eigenvalue weighted by Gasteiger charge is -2.40. The molecule has 1 aromatic rings. The average Bonchev–Trinajstić information content (AvgIpc) is 2.45. The summed E-state index contributed by atoms with van der Waals surface area (Å²) in [6.45, 7) is 7.88. The molecular weight excluding hydrogens is 304 g/mol. The van der Waals surface area contributed by atoms with Crippen LogP contribution >= 0.6 is 0 Å². The maximum Gasteiger partial charge on any atom is 0.243 e. The minimum Gasteiger partial charge on any atom is -0.485 e. The molecule has 7 heteroatoms. The van der Waals surface area contributed by atoms with Crippen molar-refractivity contribution in [3.05, 3.63) is 23.8 Å². The molecule has 0 bridgehead atoms. The van der Waals surface area contributed by atoms with E-state index in [1.54, 1.807) is 33.8 Å². The quantitative estimate of drug-likeness (QED) is 0.868. The smallest absolute Gasteiger partial charge is 0.243 e. The zero-order valence-electron chi connectivity index (χ0n) is 13.4. The maximum absolute atomic E-state index is 12.6. The Labute approximate surface area is 131 Å². The Balaban J connectivity index is 2.50. The van der Waals surface area contributed by atoms with Gasteiger partial charge in [-0.2, -0.15) is 4.31 Å². The lowest BCUT2D eigenvalue weighted by atomic mass is 9.87. The van der Waals surface area contributed by atoms with Crippen molar-refractivity contribution in [2.75, 3.05) is 13.1 Å². The highest BCUT2D eigenvalue weighted by molar-refractivity contribution is 7.89. The second kappa shape index (κ2) is 5.81. The Kier molecular flexibility index (Phi) is 4.54. The average molecular weight is 328 g/mol. The molecule has 1 aliphatic heterocycles. The first-order valence-electron chi connectivity index (χ1n) is 7.42. The third-order valence-electron chi connectivity index (χ3n) is 4.11. The number of sulfonamides is 1. The van der Waals surface area contributed by atoms with Crippen LogP contribution in [0.1, 0.15) is 39.3 Å². The van der Waals surface area contributed by atoms with E-state index in [0.29, 0.717) is 24.4 Å². The fourth-order valence-electron chi connectivity index (χ4n) is 2.70. The number of rotatable bonds is 4. The van der Waals surface area contributed by atoms with Gasteiger partial charge in [-0.05, 0) is 32.0 Å². The molecule has 6 nitrogen and oxygen atoms in total. The van der Waals surface area contributed by atoms with Crippen molar-refractivity contribution in [1.29, 1.82) is 0 Å². The first-order chi connectivity index (χ1) is 10.1. The van der Waals surface area contributed by atoms with Crippen LogP contribution in [-0.2, 0) is 10.0 Å². The molecule has 1 aromatic carbocycles. The van der Waals surface area contributed by atoms with Crippen molar-refractivity contribution in [3.8, 4) is 5.75 Å². The number of aliphatic hydroxyl groups is 1. The first-order valence-corrected chi connectivity index (χ1v) is 8.86. The Morgan fingerprint density at radius 3 is 2.45 bits per heavy atom. The van der Waals surface area contributed by atoms with Crippen LogP contribution in [0.2, 0.25) is 0 Å². The summed E-state index contributed by atoms with van der Waals surface area (Å²) in [5.41, 5.74) is 5.78. The molecule has 1 aliphatic rings. The van der Waals surface area contributed by atoms with Gasteiger partial charge in [0.1, 0.15) is 17.5 Å². The number of ether oxygens (including phenoxy) is 1. The highest BCUT2D eigenvalue weighted by atomic mass is 32.2. The van der Waals surface area contributed by atoms with E-state index in [1.165, 1.54) is 16.4 Å². The van der Waals surface area contributed by atoms with Crippen LogP contribution in [0.15, 0.2) is 23.1 Å². The molecule has 0 amide bonds. The monoisotopic (exact) mass is 328 g/mol. The van der Waals surface area contributed by atoms with E-state index in [-0.39, 0.29) is 4.90 Å². The zero-order chi connectivity index (χ0) is 16.7. The Hall–Kier alpha value is -1.15. The Morgan fingerprint density at radius 2 is 1.91 bits per heavy atom. The fraction of sp³-hybridized carbons (Fsp3) is 0.600. The normalized spacial score (nSPS) is 24.0. The lowest BCUT2D eigenvalue weighted by Crippen LogP contribution is -2.51. The van der Waals surface area contributed by atoms with Crippen LogP contribution < -0.4 is 10.5 Å². The summed E-state index contributed by atoms with van der Waals surface area (Å²) in [6.07, 6.45) is -0.911. The van der Waals surface area contributed by atoms with Gasteiger partial charge in [-0.3, -0.25) is 0 Å². The van der Waals surface area contributed by atoms with E-state index in [0.717, 1.165) is 0 Å². The van der Waals surface area contributed by atoms with Crippen molar-refractivity contribution >= 4 is 10.0 Å². The molecule has 0 spiro atoms. The van der Waals surface area contributed by atoms with Crippen LogP contribution in [-0.4, -0.2) is 42.6 Å². The van der Waals surface area contributed by atoms with Gasteiger partial charge in [0.25, 0.3) is 0 Å². The summed E-state index contributed by atoms with van der Waals surface area (Å²) < 4.78 is 32.3. The highest BCUT2D eigenvalue weighted by Gasteiger charge is 2.41. The zero-order valence-corrected chi connectivity index (χ0v) is 14.2. The van der Waals surface area contributed by atoms with E-state index >= 15 is 0 Å². The number of fused-ring (bicyclic) bond motifs is 1. The molecule has 0 saturated heterocycles. The van der Waals surface area contributed by atoms with Crippen LogP contribution in [0.3, 0.4) is 0 Å². The van der Waals surface area contributed by atoms with E-state index < -0.39 is 27.8 Å². The van der Waals surface area contributed by atoms with Crippen LogP contribution in [0, 0.1) is 0 Å². The van der Waals surface area contributed by atoms with Gasteiger partial charge in [-0.15, -0.1) is 0 Å². The molecule has 124 valence electrons. The van der Waals surface area contributed by atoms with Gasteiger partial charge < -0.3 is 15.6 Å². The largest absolute Gasteiger partial charge is 0.485 e. The minimum absolute atomic E-state index is 0.168. The molecule has 0 unspecified atom stereocenters. The molecule has 22 heavy (non-hydrogen) atoms. The van der Waals surface area contributed by atoms with Gasteiger partial charge in [0.2, 0.25) is 10.0 Å². The van der Waals surface area contributed by atoms with Crippen LogP contribution in [0.4, 0.5) is 0 Å². The predicted molar refractivity (Wildman–Crippen MR) is 84.2 cm³/mol. The minimum atomic E-state index is -3.56. The number of hydrogen-bond acceptors (Lipinski definition) is 5. The van der Waals surface area contributed by atoms with Crippen molar-refractivity contribution < 1.29 is 18.3 Å². The van der Waals surface area contributed by atoms with E-state index in [2.05, 4.69) is 0 Å². The van der Waals surface area contributed by atoms with Gasteiger partial charge in [-0.1, -0.05) is 13.8 Å². The second-order valence-electron chi connectivity index (χ2n) is 5.97. The van der Waals surface area contributed by atoms with E-state index in [4.69, 9.17) is 10.5 Å². The molecule has 0 radical (unpaired) electrons. The van der Waals surface area contributed by atoms with Crippen LogP contribution in [0.25, 0.3) is 0 Å². The molecule has 0 aromatic heterocycles. The summed E-state index contributed by atoms with van der Waals surface area (Å²) in [5, 5.41) is 10.2. The van der Waals surface area contributed by atoms with Crippen molar-refractivity contribution in [2.24, 2.45) is 5.73 Å². The fourth-order valence-corrected chi connectivity index (χ4v) is 4.19. The second-order valence-corrected chi connectivity index (χ2v) is 7.90. The van der Waals surface area contributed by atoms with E-state index in [1.807, 2.05) is 0 Å². The number of nitrogens with zero attached hydrogens (tertiary/aromatic N) is 1. The molecule has 0 fully saturated rings. The number of benzene rings is 1. The van der Waals surface area contributed by atoms with E-state index in [9.17, 15) is 13.5 Å². The molecule has 3 N–H and O–H groups in total. The topological polar surface area (TPSA) is 92.9 Å². The molecule has 2 atom stereocenters. The van der Waals surface area contributed by atoms with Crippen molar-refractivity contribution in [1.82, 2.24) is 4.31 Å². The number of nitrogens with two attached hydrogens (primary N) is 1. The van der Waals surface area contributed by atoms with Crippen molar-refractivity contribution in [3.63, 3.8) is 0 Å². The third-order valence-corrected chi connectivity index (χ3v) is 6.15. The summed E-state index contributed by atoms with van der Waals surface area (Å²) in [4.78, 5) is 0.168. The molecule has 0 aliphatic carbocycles. The first kappa shape index (κ1) is 17.2. The molecule has 0 saturated carbocycles. The Morgan fingerprint density at radius 1 is 1.32 bits per heavy atom. The highest BCUT2D eigenvalue weighted by Crippen LogP contribution is 2.39. The summed E-state index contributed by atoms with van der Waals surface area (Å²) in [5.74, 6) is 0.515. The number of aliphatic hydroxyl groups excluding tert-OH is 1.